The summed E-state index contributed by atoms with van der Waals surface area (Å²) in [6.45, 7) is 7.27. The third kappa shape index (κ3) is 6.07. The second kappa shape index (κ2) is 11.1. The van der Waals surface area contributed by atoms with Gasteiger partial charge in [0.2, 0.25) is 0 Å². The van der Waals surface area contributed by atoms with Gasteiger partial charge < -0.3 is 20.7 Å². The first-order valence-corrected chi connectivity index (χ1v) is 10.6. The van der Waals surface area contributed by atoms with E-state index in [-0.39, 0.29) is 0 Å². The Balaban J connectivity index is 1.46. The van der Waals surface area contributed by atoms with Crippen molar-refractivity contribution in [3.05, 3.63) is 42.4 Å². The largest absolute Gasteiger partial charge is 0.497 e. The van der Waals surface area contributed by atoms with Crippen molar-refractivity contribution in [3.63, 3.8) is 0 Å². The number of benzene rings is 1. The van der Waals surface area contributed by atoms with E-state index < -0.39 is 0 Å². The number of hydrogen-bond acceptors (Lipinski definition) is 6. The molecule has 0 saturated heterocycles. The first kappa shape index (κ1) is 22.3. The molecule has 166 valence electrons. The molecule has 3 N–H and O–H groups in total. The summed E-state index contributed by atoms with van der Waals surface area (Å²) < 4.78 is 6.97. The summed E-state index contributed by atoms with van der Waals surface area (Å²) >= 11 is 0. The van der Waals surface area contributed by atoms with Gasteiger partial charge in [-0.2, -0.15) is 5.10 Å². The van der Waals surface area contributed by atoms with Crippen LogP contribution >= 0.6 is 0 Å². The highest BCUT2D eigenvalue weighted by molar-refractivity contribution is 5.86. The average Bonchev–Trinajstić information content (AvgIpc) is 3.18. The van der Waals surface area contributed by atoms with Crippen LogP contribution in [0.2, 0.25) is 0 Å². The van der Waals surface area contributed by atoms with E-state index in [4.69, 9.17) is 9.73 Å². The normalized spacial score (nSPS) is 12.6. The molecule has 2 aromatic heterocycles. The second-order valence-electron chi connectivity index (χ2n) is 7.30. The Morgan fingerprint density at radius 3 is 2.71 bits per heavy atom. The van der Waals surface area contributed by atoms with E-state index in [1.165, 1.54) is 5.56 Å². The highest BCUT2D eigenvalue weighted by atomic mass is 16.5. The van der Waals surface area contributed by atoms with Crippen LogP contribution in [0.15, 0.2) is 41.8 Å². The number of rotatable bonds is 10. The van der Waals surface area contributed by atoms with Crippen molar-refractivity contribution in [1.82, 2.24) is 30.4 Å². The first-order chi connectivity index (χ1) is 15.1. The Labute approximate surface area is 183 Å². The molecular weight excluding hydrogens is 392 g/mol. The van der Waals surface area contributed by atoms with Gasteiger partial charge in [0.1, 0.15) is 17.9 Å². The van der Waals surface area contributed by atoms with Crippen molar-refractivity contribution in [3.8, 4) is 5.75 Å². The molecule has 31 heavy (non-hydrogen) atoms. The summed E-state index contributed by atoms with van der Waals surface area (Å²) in [5.74, 6) is 2.92. The fourth-order valence-electron chi connectivity index (χ4n) is 3.28. The summed E-state index contributed by atoms with van der Waals surface area (Å²) in [6, 6.07) is 8.25. The number of hydrogen-bond donors (Lipinski definition) is 3. The van der Waals surface area contributed by atoms with Crippen LogP contribution in [0.5, 0.6) is 5.75 Å². The number of nitrogens with one attached hydrogen (secondary N) is 3. The fraction of sp³-hybridized carbons (Fsp3) is 0.455. The van der Waals surface area contributed by atoms with Gasteiger partial charge in [-0.25, -0.2) is 9.97 Å². The third-order valence-electron chi connectivity index (χ3n) is 5.10. The molecule has 0 aliphatic heterocycles. The van der Waals surface area contributed by atoms with Crippen LogP contribution in [0, 0.1) is 0 Å². The lowest BCUT2D eigenvalue weighted by Crippen LogP contribution is -2.39. The zero-order valence-electron chi connectivity index (χ0n) is 18.7. The van der Waals surface area contributed by atoms with Crippen LogP contribution in [-0.4, -0.2) is 59.0 Å². The molecule has 3 rings (SSSR count). The standard InChI is InChI=1S/C22H32N8O/c1-5-23-22(25-11-10-16(2)17-6-8-18(31-4)9-7-17)26-13-12-24-20-19-14-29-30(3)21(19)28-15-27-20/h6-9,14-16H,5,10-13H2,1-4H3,(H2,23,25,26)(H,24,27,28). The zero-order valence-corrected chi connectivity index (χ0v) is 18.7. The van der Waals surface area contributed by atoms with Gasteiger partial charge in [-0.1, -0.05) is 19.1 Å². The van der Waals surface area contributed by atoms with Crippen molar-refractivity contribution >= 4 is 22.8 Å². The van der Waals surface area contributed by atoms with E-state index in [0.717, 1.165) is 48.1 Å². The number of nitrogens with zero attached hydrogens (tertiary/aromatic N) is 5. The van der Waals surface area contributed by atoms with Crippen molar-refractivity contribution in [2.24, 2.45) is 12.0 Å². The van der Waals surface area contributed by atoms with E-state index in [1.807, 2.05) is 19.2 Å². The van der Waals surface area contributed by atoms with Crippen LogP contribution < -0.4 is 20.7 Å². The van der Waals surface area contributed by atoms with Crippen molar-refractivity contribution in [1.29, 1.82) is 0 Å². The fourth-order valence-corrected chi connectivity index (χ4v) is 3.28. The lowest BCUT2D eigenvalue weighted by atomic mass is 9.98. The Morgan fingerprint density at radius 1 is 1.16 bits per heavy atom. The maximum absolute atomic E-state index is 5.23. The molecule has 0 saturated carbocycles. The topological polar surface area (TPSA) is 101 Å². The number of guanidine groups is 1. The van der Waals surface area contributed by atoms with Gasteiger partial charge in [-0.05, 0) is 37.0 Å². The van der Waals surface area contributed by atoms with Gasteiger partial charge in [0.15, 0.2) is 11.6 Å². The van der Waals surface area contributed by atoms with E-state index in [2.05, 4.69) is 57.0 Å². The smallest absolute Gasteiger partial charge is 0.191 e. The molecule has 2 heterocycles. The van der Waals surface area contributed by atoms with Crippen LogP contribution in [-0.2, 0) is 7.05 Å². The van der Waals surface area contributed by atoms with Crippen molar-refractivity contribution in [2.45, 2.75) is 26.2 Å². The molecule has 1 unspecified atom stereocenters. The molecule has 0 amide bonds. The third-order valence-corrected chi connectivity index (χ3v) is 5.10. The molecule has 3 aromatic rings. The van der Waals surface area contributed by atoms with Crippen LogP contribution in [0.1, 0.15) is 31.7 Å². The highest BCUT2D eigenvalue weighted by Gasteiger charge is 2.08. The SMILES string of the molecule is CCNC(=NCCC(C)c1ccc(OC)cc1)NCCNc1ncnc2c1cnn2C. The number of aliphatic imine (C=N–C) groups is 1. The number of methoxy groups -OCH3 is 1. The Bertz CT molecular complexity index is 983. The molecule has 9 heteroatoms. The first-order valence-electron chi connectivity index (χ1n) is 10.6. The molecule has 1 atom stereocenters. The van der Waals surface area contributed by atoms with E-state index in [1.54, 1.807) is 24.3 Å². The van der Waals surface area contributed by atoms with E-state index >= 15 is 0 Å². The van der Waals surface area contributed by atoms with Gasteiger partial charge in [0.25, 0.3) is 0 Å². The zero-order chi connectivity index (χ0) is 22.1. The minimum Gasteiger partial charge on any atom is -0.497 e. The Hall–Kier alpha value is -3.36. The summed E-state index contributed by atoms with van der Waals surface area (Å²) in [6.07, 6.45) is 4.30. The number of aryl methyl sites for hydroxylation is 1. The molecule has 0 bridgehead atoms. The maximum Gasteiger partial charge on any atom is 0.191 e. The molecule has 9 nitrogen and oxygen atoms in total. The quantitative estimate of drug-likeness (QED) is 0.261. The van der Waals surface area contributed by atoms with E-state index in [0.29, 0.717) is 19.0 Å². The summed E-state index contributed by atoms with van der Waals surface area (Å²) in [7, 11) is 3.56. The summed E-state index contributed by atoms with van der Waals surface area (Å²) in [5, 5.41) is 15.2. The molecule has 0 spiro atoms. The molecular formula is C22H32N8O. The number of aromatic nitrogens is 4. The lowest BCUT2D eigenvalue weighted by Gasteiger charge is -2.14. The molecule has 0 radical (unpaired) electrons. The second-order valence-corrected chi connectivity index (χ2v) is 7.30. The minimum atomic E-state index is 0.429. The molecule has 1 aromatic carbocycles. The summed E-state index contributed by atoms with van der Waals surface area (Å²) in [5.41, 5.74) is 2.11. The van der Waals surface area contributed by atoms with Crippen LogP contribution in [0.25, 0.3) is 11.0 Å². The van der Waals surface area contributed by atoms with Crippen LogP contribution in [0.3, 0.4) is 0 Å². The Kier molecular flexibility index (Phi) is 8.03. The molecule has 0 fully saturated rings. The van der Waals surface area contributed by atoms with Gasteiger partial charge >= 0.3 is 0 Å². The van der Waals surface area contributed by atoms with Crippen LogP contribution in [0.4, 0.5) is 5.82 Å². The molecule has 0 aliphatic carbocycles. The Morgan fingerprint density at radius 2 is 1.97 bits per heavy atom. The van der Waals surface area contributed by atoms with Crippen molar-refractivity contribution < 1.29 is 4.74 Å². The van der Waals surface area contributed by atoms with Gasteiger partial charge in [-0.3, -0.25) is 9.67 Å². The van der Waals surface area contributed by atoms with Gasteiger partial charge in [0.05, 0.1) is 18.7 Å². The highest BCUT2D eigenvalue weighted by Crippen LogP contribution is 2.21. The molecule has 0 aliphatic rings. The van der Waals surface area contributed by atoms with Gasteiger partial charge in [0, 0.05) is 33.2 Å². The number of anilines is 1. The predicted molar refractivity (Wildman–Crippen MR) is 125 cm³/mol. The average molecular weight is 425 g/mol. The predicted octanol–water partition coefficient (Wildman–Crippen LogP) is 2.53. The lowest BCUT2D eigenvalue weighted by molar-refractivity contribution is 0.414. The minimum absolute atomic E-state index is 0.429. The number of ether oxygens (including phenoxy) is 1. The van der Waals surface area contributed by atoms with Gasteiger partial charge in [-0.15, -0.1) is 0 Å². The maximum atomic E-state index is 5.23. The number of fused-ring (bicyclic) bond motifs is 1. The van der Waals surface area contributed by atoms with E-state index in [9.17, 15) is 0 Å². The monoisotopic (exact) mass is 424 g/mol. The van der Waals surface area contributed by atoms with Crippen molar-refractivity contribution in [2.75, 3.05) is 38.6 Å². The summed E-state index contributed by atoms with van der Waals surface area (Å²) in [4.78, 5) is 13.3.